The lowest BCUT2D eigenvalue weighted by Gasteiger charge is -2.41. The minimum absolute atomic E-state index is 0.0632. The fourth-order valence-electron chi connectivity index (χ4n) is 4.46. The number of nitrogens with zero attached hydrogens (tertiary/aromatic N) is 2. The molecule has 3 aromatic rings. The highest BCUT2D eigenvalue weighted by Crippen LogP contribution is 2.48. The van der Waals surface area contributed by atoms with Crippen LogP contribution in [-0.2, 0) is 10.3 Å². The van der Waals surface area contributed by atoms with Gasteiger partial charge in [0.15, 0.2) is 11.2 Å². The van der Waals surface area contributed by atoms with Crippen LogP contribution in [0.25, 0.3) is 5.57 Å². The fraction of sp³-hybridized carbons (Fsp3) is 0.310. The van der Waals surface area contributed by atoms with Crippen molar-refractivity contribution in [2.45, 2.75) is 44.1 Å². The van der Waals surface area contributed by atoms with Gasteiger partial charge in [-0.15, -0.1) is 10.2 Å². The second-order valence-electron chi connectivity index (χ2n) is 9.76. The van der Waals surface area contributed by atoms with E-state index in [2.05, 4.69) is 20.8 Å². The van der Waals surface area contributed by atoms with Crippen LogP contribution in [0.4, 0.5) is 26.3 Å². The zero-order chi connectivity index (χ0) is 31.4. The standard InChI is InChI=1S/C29H26F6N4O4/c1-17-4-6-18(7-5-17)21-16-27(29(33,34)35,19-8-10-20(11-9-19)43-15-3-14-28(30,31)32)37-26(41)24(21)36-25(40)22-12-13-23(42-2)39-38-22/h4-13H,3,14-16H2,1-2H3,(H,36,40)(H,37,41). The normalized spacial score (nSPS) is 17.3. The van der Waals surface area contributed by atoms with E-state index in [9.17, 15) is 35.9 Å². The summed E-state index contributed by atoms with van der Waals surface area (Å²) < 4.78 is 92.0. The van der Waals surface area contributed by atoms with Crippen molar-refractivity contribution in [2.75, 3.05) is 13.7 Å². The molecule has 8 nitrogen and oxygen atoms in total. The number of alkyl halides is 6. The highest BCUT2D eigenvalue weighted by molar-refractivity contribution is 6.08. The Bertz CT molecular complexity index is 1490. The van der Waals surface area contributed by atoms with Crippen LogP contribution in [0.5, 0.6) is 11.6 Å². The number of carbonyl (C=O) groups excluding carboxylic acids is 2. The third-order valence-corrected chi connectivity index (χ3v) is 6.72. The number of methoxy groups -OCH3 is 1. The average Bonchev–Trinajstić information content (AvgIpc) is 2.96. The van der Waals surface area contributed by atoms with Gasteiger partial charge < -0.3 is 20.1 Å². The van der Waals surface area contributed by atoms with E-state index < -0.39 is 48.2 Å². The molecule has 14 heteroatoms. The third-order valence-electron chi connectivity index (χ3n) is 6.72. The predicted octanol–water partition coefficient (Wildman–Crippen LogP) is 5.63. The predicted molar refractivity (Wildman–Crippen MR) is 142 cm³/mol. The van der Waals surface area contributed by atoms with Gasteiger partial charge in [0.1, 0.15) is 11.4 Å². The molecule has 2 heterocycles. The molecule has 1 aliphatic heterocycles. The van der Waals surface area contributed by atoms with E-state index in [-0.39, 0.29) is 47.1 Å². The first-order valence-corrected chi connectivity index (χ1v) is 12.9. The number of aryl methyl sites for hydroxylation is 1. The summed E-state index contributed by atoms with van der Waals surface area (Å²) in [6, 6.07) is 13.6. The van der Waals surface area contributed by atoms with Crippen LogP contribution in [0, 0.1) is 6.92 Å². The van der Waals surface area contributed by atoms with Gasteiger partial charge >= 0.3 is 12.4 Å². The topological polar surface area (TPSA) is 102 Å². The molecular weight excluding hydrogens is 582 g/mol. The Morgan fingerprint density at radius 1 is 0.977 bits per heavy atom. The van der Waals surface area contributed by atoms with Crippen LogP contribution in [0.3, 0.4) is 0 Å². The smallest absolute Gasteiger partial charge is 0.416 e. The third kappa shape index (κ3) is 7.24. The molecule has 0 fully saturated rings. The molecule has 0 radical (unpaired) electrons. The summed E-state index contributed by atoms with van der Waals surface area (Å²) in [5.74, 6) is -1.88. The first-order chi connectivity index (χ1) is 20.2. The van der Waals surface area contributed by atoms with Crippen molar-refractivity contribution in [3.8, 4) is 11.6 Å². The lowest BCUT2D eigenvalue weighted by Crippen LogP contribution is -2.60. The Morgan fingerprint density at radius 3 is 2.21 bits per heavy atom. The Balaban J connectivity index is 1.70. The summed E-state index contributed by atoms with van der Waals surface area (Å²) >= 11 is 0. The summed E-state index contributed by atoms with van der Waals surface area (Å²) in [5, 5.41) is 11.9. The number of carbonyl (C=O) groups is 2. The number of hydrogen-bond acceptors (Lipinski definition) is 6. The summed E-state index contributed by atoms with van der Waals surface area (Å²) in [6.45, 7) is 1.49. The highest BCUT2D eigenvalue weighted by atomic mass is 19.4. The van der Waals surface area contributed by atoms with Gasteiger partial charge in [-0.2, -0.15) is 26.3 Å². The maximum absolute atomic E-state index is 14.9. The summed E-state index contributed by atoms with van der Waals surface area (Å²) in [5.41, 5.74) is -2.84. The molecular formula is C29H26F6N4O4. The molecule has 4 rings (SSSR count). The van der Waals surface area contributed by atoms with E-state index in [1.807, 2.05) is 0 Å². The van der Waals surface area contributed by atoms with Crippen LogP contribution in [0.15, 0.2) is 66.4 Å². The second-order valence-corrected chi connectivity index (χ2v) is 9.76. The van der Waals surface area contributed by atoms with Gasteiger partial charge in [0.05, 0.1) is 13.7 Å². The fourth-order valence-corrected chi connectivity index (χ4v) is 4.46. The van der Waals surface area contributed by atoms with Gasteiger partial charge in [-0.1, -0.05) is 42.0 Å². The van der Waals surface area contributed by atoms with Gasteiger partial charge in [0.2, 0.25) is 5.88 Å². The molecule has 1 atom stereocenters. The molecule has 228 valence electrons. The molecule has 2 N–H and O–H groups in total. The maximum atomic E-state index is 14.9. The minimum atomic E-state index is -5.01. The molecule has 0 saturated carbocycles. The molecule has 0 spiro atoms. The van der Waals surface area contributed by atoms with E-state index in [4.69, 9.17) is 9.47 Å². The van der Waals surface area contributed by atoms with Gasteiger partial charge in [-0.3, -0.25) is 9.59 Å². The van der Waals surface area contributed by atoms with Crippen molar-refractivity contribution < 1.29 is 45.4 Å². The molecule has 0 bridgehead atoms. The number of amides is 2. The molecule has 1 aliphatic rings. The van der Waals surface area contributed by atoms with Crippen LogP contribution >= 0.6 is 0 Å². The summed E-state index contributed by atoms with van der Waals surface area (Å²) in [7, 11) is 1.35. The Labute approximate surface area is 242 Å². The molecule has 0 aliphatic carbocycles. The van der Waals surface area contributed by atoms with E-state index in [1.165, 1.54) is 31.4 Å². The maximum Gasteiger partial charge on any atom is 0.416 e. The van der Waals surface area contributed by atoms with E-state index in [0.717, 1.165) is 17.7 Å². The van der Waals surface area contributed by atoms with E-state index in [0.29, 0.717) is 0 Å². The monoisotopic (exact) mass is 608 g/mol. The molecule has 2 amide bonds. The number of halogens is 6. The van der Waals surface area contributed by atoms with Gasteiger partial charge in [-0.05, 0) is 48.2 Å². The van der Waals surface area contributed by atoms with Crippen LogP contribution < -0.4 is 20.1 Å². The molecule has 2 aromatic carbocycles. The van der Waals surface area contributed by atoms with Crippen molar-refractivity contribution in [1.82, 2.24) is 20.8 Å². The lowest BCUT2D eigenvalue weighted by molar-refractivity contribution is -0.201. The number of ether oxygens (including phenoxy) is 2. The first-order valence-electron chi connectivity index (χ1n) is 12.9. The lowest BCUT2D eigenvalue weighted by atomic mass is 9.77. The Kier molecular flexibility index (Phi) is 8.97. The van der Waals surface area contributed by atoms with Crippen molar-refractivity contribution >= 4 is 17.4 Å². The minimum Gasteiger partial charge on any atom is -0.494 e. The number of hydrogen-bond donors (Lipinski definition) is 2. The summed E-state index contributed by atoms with van der Waals surface area (Å²) in [6.07, 6.45) is -11.5. The average molecular weight is 609 g/mol. The van der Waals surface area contributed by atoms with Gasteiger partial charge in [0, 0.05) is 18.9 Å². The van der Waals surface area contributed by atoms with E-state index in [1.54, 1.807) is 31.2 Å². The molecule has 43 heavy (non-hydrogen) atoms. The van der Waals surface area contributed by atoms with Crippen LogP contribution in [-0.4, -0.2) is 48.1 Å². The van der Waals surface area contributed by atoms with Crippen molar-refractivity contribution in [3.05, 3.63) is 88.7 Å². The highest BCUT2D eigenvalue weighted by Gasteiger charge is 2.59. The molecule has 0 saturated heterocycles. The number of rotatable bonds is 9. The van der Waals surface area contributed by atoms with Crippen LogP contribution in [0.1, 0.15) is 46.4 Å². The Hall–Kier alpha value is -4.62. The van der Waals surface area contributed by atoms with Crippen molar-refractivity contribution in [3.63, 3.8) is 0 Å². The second kappa shape index (κ2) is 12.3. The molecule has 1 unspecified atom stereocenters. The largest absolute Gasteiger partial charge is 0.494 e. The number of nitrogens with one attached hydrogen (secondary N) is 2. The van der Waals surface area contributed by atoms with Crippen LogP contribution in [0.2, 0.25) is 0 Å². The zero-order valence-corrected chi connectivity index (χ0v) is 22.9. The number of aromatic nitrogens is 2. The quantitative estimate of drug-likeness (QED) is 0.241. The first kappa shape index (κ1) is 31.3. The molecule has 1 aromatic heterocycles. The Morgan fingerprint density at radius 2 is 1.65 bits per heavy atom. The SMILES string of the molecule is COc1ccc(C(=O)NC2=C(c3ccc(C)cc3)CC(c3ccc(OCCCC(F)(F)F)cc3)(C(F)(F)F)NC2=O)nn1. The van der Waals surface area contributed by atoms with Crippen molar-refractivity contribution in [1.29, 1.82) is 0 Å². The van der Waals surface area contributed by atoms with Gasteiger partial charge in [-0.25, -0.2) is 0 Å². The van der Waals surface area contributed by atoms with Crippen molar-refractivity contribution in [2.24, 2.45) is 0 Å². The zero-order valence-electron chi connectivity index (χ0n) is 22.9. The number of benzene rings is 2. The van der Waals surface area contributed by atoms with E-state index >= 15 is 0 Å². The van der Waals surface area contributed by atoms with Gasteiger partial charge in [0.25, 0.3) is 11.8 Å². The summed E-state index contributed by atoms with van der Waals surface area (Å²) in [4.78, 5) is 26.4.